The molecular weight excluding hydrogens is 379 g/mol. The summed E-state index contributed by atoms with van der Waals surface area (Å²) in [6.45, 7) is 8.13. The number of nitrogens with zero attached hydrogens (tertiary/aromatic N) is 4. The van der Waals surface area contributed by atoms with Gasteiger partial charge in [-0.1, -0.05) is 0 Å². The molecule has 3 aromatic heterocycles. The van der Waals surface area contributed by atoms with Crippen molar-refractivity contribution in [3.63, 3.8) is 0 Å². The lowest BCUT2D eigenvalue weighted by Gasteiger charge is -2.32. The lowest BCUT2D eigenvalue weighted by molar-refractivity contribution is 0.00578. The number of aryl methyl sites for hydroxylation is 1. The van der Waals surface area contributed by atoms with Crippen molar-refractivity contribution in [1.82, 2.24) is 19.1 Å². The van der Waals surface area contributed by atoms with E-state index in [2.05, 4.69) is 9.97 Å². The molecule has 146 valence electrons. The van der Waals surface area contributed by atoms with E-state index < -0.39 is 18.3 Å². The molecule has 0 bridgehead atoms. The Morgan fingerprint density at radius 1 is 1.14 bits per heavy atom. The smallest absolute Gasteiger partial charge is 0.398 e. The third kappa shape index (κ3) is 3.01. The molecule has 0 spiro atoms. The summed E-state index contributed by atoms with van der Waals surface area (Å²) in [6, 6.07) is 3.25. The van der Waals surface area contributed by atoms with Gasteiger partial charge in [0.25, 0.3) is 5.56 Å². The van der Waals surface area contributed by atoms with E-state index in [1.165, 1.54) is 39.1 Å². The van der Waals surface area contributed by atoms with Gasteiger partial charge in [0.1, 0.15) is 6.33 Å². The van der Waals surface area contributed by atoms with Gasteiger partial charge in [-0.15, -0.1) is 11.3 Å². The van der Waals surface area contributed by atoms with Crippen LogP contribution in [0.4, 0.5) is 0 Å². The van der Waals surface area contributed by atoms with Crippen LogP contribution in [0.1, 0.15) is 32.6 Å². The Morgan fingerprint density at radius 3 is 2.50 bits per heavy atom. The first-order valence-electron chi connectivity index (χ1n) is 8.94. The van der Waals surface area contributed by atoms with Crippen LogP contribution in [0.15, 0.2) is 34.2 Å². The SMILES string of the molecule is Cn1ccc(=O)n(Cc2cc3ncnc(B4OC(C)(C)C(C)(C)O4)c3s2)c1=O. The predicted molar refractivity (Wildman–Crippen MR) is 108 cm³/mol. The number of fused-ring (bicyclic) bond motifs is 1. The van der Waals surface area contributed by atoms with Gasteiger partial charge in [-0.3, -0.25) is 9.36 Å². The Hall–Kier alpha value is -2.30. The molecule has 3 aromatic rings. The molecule has 1 aliphatic heterocycles. The molecule has 0 radical (unpaired) electrons. The number of aromatic nitrogens is 4. The van der Waals surface area contributed by atoms with E-state index in [1.807, 2.05) is 33.8 Å². The van der Waals surface area contributed by atoms with Gasteiger partial charge in [0, 0.05) is 24.2 Å². The second kappa shape index (κ2) is 6.36. The average Bonchev–Trinajstić information content (AvgIpc) is 3.12. The van der Waals surface area contributed by atoms with Crippen LogP contribution in [0.25, 0.3) is 10.2 Å². The summed E-state index contributed by atoms with van der Waals surface area (Å²) >= 11 is 1.44. The van der Waals surface area contributed by atoms with Crippen LogP contribution in [-0.4, -0.2) is 37.4 Å². The van der Waals surface area contributed by atoms with Crippen molar-refractivity contribution in [2.75, 3.05) is 0 Å². The molecule has 4 heterocycles. The zero-order chi connectivity index (χ0) is 20.3. The first-order valence-corrected chi connectivity index (χ1v) is 9.76. The Bertz CT molecular complexity index is 1160. The van der Waals surface area contributed by atoms with Crippen LogP contribution < -0.4 is 16.8 Å². The van der Waals surface area contributed by atoms with Crippen molar-refractivity contribution in [1.29, 1.82) is 0 Å². The first kappa shape index (κ1) is 19.0. The number of hydrogen-bond acceptors (Lipinski definition) is 7. The van der Waals surface area contributed by atoms with Crippen LogP contribution in [-0.2, 0) is 22.9 Å². The van der Waals surface area contributed by atoms with Crippen LogP contribution >= 0.6 is 11.3 Å². The maximum atomic E-state index is 12.3. The molecule has 8 nitrogen and oxygen atoms in total. The Labute approximate surface area is 165 Å². The quantitative estimate of drug-likeness (QED) is 0.607. The second-order valence-electron chi connectivity index (χ2n) is 7.91. The molecule has 1 aliphatic rings. The van der Waals surface area contributed by atoms with Gasteiger partial charge in [0.15, 0.2) is 0 Å². The molecule has 0 saturated carbocycles. The van der Waals surface area contributed by atoms with Crippen LogP contribution in [0, 0.1) is 0 Å². The molecule has 4 rings (SSSR count). The highest BCUT2D eigenvalue weighted by molar-refractivity contribution is 7.20. The first-order chi connectivity index (χ1) is 13.1. The maximum Gasteiger partial charge on any atom is 0.516 e. The highest BCUT2D eigenvalue weighted by Gasteiger charge is 2.53. The molecule has 0 aromatic carbocycles. The summed E-state index contributed by atoms with van der Waals surface area (Å²) in [5.41, 5.74) is -0.245. The third-order valence-corrected chi connectivity index (χ3v) is 6.55. The van der Waals surface area contributed by atoms with E-state index in [0.717, 1.165) is 15.1 Å². The molecule has 0 atom stereocenters. The lowest BCUT2D eigenvalue weighted by atomic mass is 9.84. The lowest BCUT2D eigenvalue weighted by Crippen LogP contribution is -2.41. The zero-order valence-corrected chi connectivity index (χ0v) is 17.2. The summed E-state index contributed by atoms with van der Waals surface area (Å²) in [4.78, 5) is 34.0. The summed E-state index contributed by atoms with van der Waals surface area (Å²) < 4.78 is 15.7. The molecule has 1 saturated heterocycles. The van der Waals surface area contributed by atoms with Crippen LogP contribution in [0.3, 0.4) is 0 Å². The largest absolute Gasteiger partial charge is 0.516 e. The van der Waals surface area contributed by atoms with Gasteiger partial charge < -0.3 is 13.9 Å². The van der Waals surface area contributed by atoms with E-state index in [0.29, 0.717) is 5.59 Å². The topological polar surface area (TPSA) is 88.2 Å². The molecular formula is C18H21BN4O4S. The Kier molecular flexibility index (Phi) is 4.33. The van der Waals surface area contributed by atoms with E-state index in [-0.39, 0.29) is 17.8 Å². The fourth-order valence-corrected chi connectivity index (χ4v) is 4.13. The molecule has 0 amide bonds. The Morgan fingerprint density at radius 2 is 1.82 bits per heavy atom. The van der Waals surface area contributed by atoms with Gasteiger partial charge in [-0.2, -0.15) is 0 Å². The maximum absolute atomic E-state index is 12.3. The van der Waals surface area contributed by atoms with Crippen LogP contribution in [0.2, 0.25) is 0 Å². The van der Waals surface area contributed by atoms with Crippen molar-refractivity contribution in [3.8, 4) is 0 Å². The summed E-state index contributed by atoms with van der Waals surface area (Å²) in [7, 11) is 1.01. The molecule has 0 aliphatic carbocycles. The van der Waals surface area contributed by atoms with Crippen LogP contribution in [0.5, 0.6) is 0 Å². The van der Waals surface area contributed by atoms with E-state index in [1.54, 1.807) is 7.05 Å². The third-order valence-electron chi connectivity index (χ3n) is 5.42. The number of hydrogen-bond donors (Lipinski definition) is 0. The normalized spacial score (nSPS) is 18.1. The minimum atomic E-state index is -0.602. The molecule has 28 heavy (non-hydrogen) atoms. The summed E-state index contributed by atoms with van der Waals surface area (Å²) in [5.74, 6) is 0. The second-order valence-corrected chi connectivity index (χ2v) is 9.04. The van der Waals surface area contributed by atoms with Gasteiger partial charge in [0.2, 0.25) is 0 Å². The fourth-order valence-electron chi connectivity index (χ4n) is 3.04. The van der Waals surface area contributed by atoms with Crippen molar-refractivity contribution in [2.45, 2.75) is 45.4 Å². The van der Waals surface area contributed by atoms with Gasteiger partial charge in [-0.25, -0.2) is 14.8 Å². The minimum Gasteiger partial charge on any atom is -0.398 e. The standard InChI is InChI=1S/C18H21BN4O4S/c1-17(2)18(3,4)27-19(26-17)15-14-12(20-10-21-15)8-11(28-14)9-23-13(24)6-7-22(5)16(23)25/h6-8,10H,9H2,1-5H3. The Balaban J connectivity index is 1.74. The van der Waals surface area contributed by atoms with Crippen molar-refractivity contribution < 1.29 is 9.31 Å². The van der Waals surface area contributed by atoms with Crippen molar-refractivity contribution in [2.24, 2.45) is 7.05 Å². The van der Waals surface area contributed by atoms with Gasteiger partial charge in [-0.05, 0) is 33.8 Å². The number of rotatable bonds is 3. The number of thiophene rings is 1. The molecule has 0 unspecified atom stereocenters. The minimum absolute atomic E-state index is 0.177. The van der Waals surface area contributed by atoms with Gasteiger partial charge >= 0.3 is 12.8 Å². The highest BCUT2D eigenvalue weighted by Crippen LogP contribution is 2.37. The molecule has 10 heteroatoms. The average molecular weight is 400 g/mol. The zero-order valence-electron chi connectivity index (χ0n) is 16.4. The highest BCUT2D eigenvalue weighted by atomic mass is 32.1. The monoisotopic (exact) mass is 400 g/mol. The summed E-state index contributed by atoms with van der Waals surface area (Å²) in [5, 5.41) is 0. The van der Waals surface area contributed by atoms with E-state index in [4.69, 9.17) is 9.31 Å². The predicted octanol–water partition coefficient (Wildman–Crippen LogP) is 0.899. The van der Waals surface area contributed by atoms with Crippen molar-refractivity contribution >= 4 is 34.3 Å². The molecule has 0 N–H and O–H groups in total. The van der Waals surface area contributed by atoms with Crippen molar-refractivity contribution in [3.05, 3.63) is 50.4 Å². The van der Waals surface area contributed by atoms with Gasteiger partial charge in [0.05, 0.1) is 33.6 Å². The van der Waals surface area contributed by atoms with E-state index in [9.17, 15) is 9.59 Å². The van der Waals surface area contributed by atoms with E-state index >= 15 is 0 Å². The summed E-state index contributed by atoms with van der Waals surface area (Å²) in [6.07, 6.45) is 2.95. The molecule has 1 fully saturated rings. The fraction of sp³-hybridized carbons (Fsp3) is 0.444.